The predicted molar refractivity (Wildman–Crippen MR) is 108 cm³/mol. The first-order valence-corrected chi connectivity index (χ1v) is 9.45. The molecule has 1 aromatic heterocycles. The number of rotatable bonds is 7. The topological polar surface area (TPSA) is 107 Å². The van der Waals surface area contributed by atoms with Gasteiger partial charge in [-0.1, -0.05) is 36.4 Å². The minimum atomic E-state index is -1.17. The number of esters is 1. The van der Waals surface area contributed by atoms with E-state index in [-0.39, 0.29) is 12.4 Å². The van der Waals surface area contributed by atoms with Crippen LogP contribution in [0.2, 0.25) is 0 Å². The summed E-state index contributed by atoms with van der Waals surface area (Å²) in [6.07, 6.45) is -1.17. The van der Waals surface area contributed by atoms with Crippen LogP contribution in [0.5, 0.6) is 0 Å². The Morgan fingerprint density at radius 3 is 2.43 bits per heavy atom. The Labute approximate surface area is 173 Å². The summed E-state index contributed by atoms with van der Waals surface area (Å²) in [6.45, 7) is 3.88. The van der Waals surface area contributed by atoms with E-state index in [1.165, 1.54) is 6.92 Å². The van der Waals surface area contributed by atoms with Crippen molar-refractivity contribution in [1.82, 2.24) is 10.9 Å². The molecule has 0 bridgehead atoms. The van der Waals surface area contributed by atoms with Crippen LogP contribution < -0.4 is 10.9 Å². The molecule has 0 aliphatic heterocycles. The molecule has 156 valence electrons. The summed E-state index contributed by atoms with van der Waals surface area (Å²) in [4.78, 5) is 36.8. The fourth-order valence-corrected chi connectivity index (χ4v) is 2.76. The molecule has 0 saturated carbocycles. The van der Waals surface area contributed by atoms with Gasteiger partial charge in [0.15, 0.2) is 6.10 Å². The summed E-state index contributed by atoms with van der Waals surface area (Å²) in [6, 6.07) is 15.6. The van der Waals surface area contributed by atoms with Crippen LogP contribution in [0.15, 0.2) is 59.0 Å². The molecule has 30 heavy (non-hydrogen) atoms. The standard InChI is InChI=1S/C22H22N2O6/c1-3-28-13-17-16-11-7-8-12-18(16)30-19(17)22(27)29-14(2)20(25)23-24-21(26)15-9-5-4-6-10-15/h4-12,14H,3,13H2,1-2H3,(H,23,25)(H,24,26)/t14-/m0/s1. The average molecular weight is 410 g/mol. The van der Waals surface area contributed by atoms with E-state index in [0.717, 1.165) is 5.39 Å². The average Bonchev–Trinajstić information content (AvgIpc) is 3.15. The molecule has 3 aromatic rings. The number of amides is 2. The highest BCUT2D eigenvalue weighted by molar-refractivity contribution is 5.98. The number of benzene rings is 2. The maximum atomic E-state index is 12.6. The highest BCUT2D eigenvalue weighted by Crippen LogP contribution is 2.27. The molecule has 2 amide bonds. The maximum Gasteiger partial charge on any atom is 0.375 e. The summed E-state index contributed by atoms with van der Waals surface area (Å²) in [5.41, 5.74) is 5.98. The number of hydrazine groups is 1. The monoisotopic (exact) mass is 410 g/mol. The van der Waals surface area contributed by atoms with Gasteiger partial charge in [0.25, 0.3) is 11.8 Å². The molecular weight excluding hydrogens is 388 g/mol. The number of fused-ring (bicyclic) bond motifs is 1. The number of ether oxygens (including phenoxy) is 2. The van der Waals surface area contributed by atoms with Crippen LogP contribution in [0.25, 0.3) is 11.0 Å². The number of para-hydroxylation sites is 1. The lowest BCUT2D eigenvalue weighted by Crippen LogP contribution is -2.46. The lowest BCUT2D eigenvalue weighted by Gasteiger charge is -2.14. The van der Waals surface area contributed by atoms with Gasteiger partial charge < -0.3 is 13.9 Å². The number of carbonyl (C=O) groups excluding carboxylic acids is 3. The molecule has 0 aliphatic rings. The maximum absolute atomic E-state index is 12.6. The van der Waals surface area contributed by atoms with Crippen LogP contribution in [0.1, 0.15) is 40.3 Å². The van der Waals surface area contributed by atoms with Crippen LogP contribution >= 0.6 is 0 Å². The van der Waals surface area contributed by atoms with E-state index in [1.54, 1.807) is 42.5 Å². The second-order valence-corrected chi connectivity index (χ2v) is 6.40. The SMILES string of the molecule is CCOCc1c(C(=O)O[C@@H](C)C(=O)NNC(=O)c2ccccc2)oc2ccccc12. The molecule has 3 rings (SSSR count). The van der Waals surface area contributed by atoms with Crippen LogP contribution in [-0.4, -0.2) is 30.5 Å². The fraction of sp³-hybridized carbons (Fsp3) is 0.227. The molecule has 0 fully saturated rings. The first-order valence-electron chi connectivity index (χ1n) is 9.45. The van der Waals surface area contributed by atoms with Crippen molar-refractivity contribution < 1.29 is 28.3 Å². The van der Waals surface area contributed by atoms with Crippen molar-refractivity contribution in [3.8, 4) is 0 Å². The molecule has 0 unspecified atom stereocenters. The zero-order valence-electron chi connectivity index (χ0n) is 16.6. The minimum Gasteiger partial charge on any atom is -0.449 e. The van der Waals surface area contributed by atoms with Gasteiger partial charge >= 0.3 is 5.97 Å². The second kappa shape index (κ2) is 9.71. The van der Waals surface area contributed by atoms with Gasteiger partial charge in [-0.25, -0.2) is 4.79 Å². The first kappa shape index (κ1) is 21.1. The third-order valence-electron chi connectivity index (χ3n) is 4.32. The highest BCUT2D eigenvalue weighted by Gasteiger charge is 2.26. The van der Waals surface area contributed by atoms with Crippen LogP contribution in [0.4, 0.5) is 0 Å². The van der Waals surface area contributed by atoms with Crippen LogP contribution in [0.3, 0.4) is 0 Å². The number of carbonyl (C=O) groups is 3. The van der Waals surface area contributed by atoms with Crippen molar-refractivity contribution >= 4 is 28.8 Å². The lowest BCUT2D eigenvalue weighted by molar-refractivity contribution is -0.129. The van der Waals surface area contributed by atoms with Gasteiger partial charge in [0, 0.05) is 23.1 Å². The fourth-order valence-electron chi connectivity index (χ4n) is 2.76. The molecule has 2 N–H and O–H groups in total. The third kappa shape index (κ3) is 4.84. The van der Waals surface area contributed by atoms with E-state index < -0.39 is 23.9 Å². The zero-order chi connectivity index (χ0) is 21.5. The van der Waals surface area contributed by atoms with Gasteiger partial charge in [-0.05, 0) is 32.0 Å². The number of furan rings is 1. The normalized spacial score (nSPS) is 11.7. The van der Waals surface area contributed by atoms with Gasteiger partial charge in [0.05, 0.1) is 6.61 Å². The second-order valence-electron chi connectivity index (χ2n) is 6.40. The Balaban J connectivity index is 1.65. The molecular formula is C22H22N2O6. The quantitative estimate of drug-likeness (QED) is 0.458. The number of hydrogen-bond donors (Lipinski definition) is 2. The Morgan fingerprint density at radius 2 is 1.70 bits per heavy atom. The van der Waals surface area contributed by atoms with Crippen LogP contribution in [0, 0.1) is 0 Å². The highest BCUT2D eigenvalue weighted by atomic mass is 16.6. The van der Waals surface area contributed by atoms with Gasteiger partial charge in [-0.15, -0.1) is 0 Å². The Morgan fingerprint density at radius 1 is 1.00 bits per heavy atom. The molecule has 0 saturated heterocycles. The predicted octanol–water partition coefficient (Wildman–Crippen LogP) is 2.98. The summed E-state index contributed by atoms with van der Waals surface area (Å²) in [7, 11) is 0. The van der Waals surface area contributed by atoms with E-state index in [1.807, 2.05) is 19.1 Å². The summed E-state index contributed by atoms with van der Waals surface area (Å²) in [5.74, 6) is -1.98. The largest absolute Gasteiger partial charge is 0.449 e. The Kier molecular flexibility index (Phi) is 6.82. The van der Waals surface area contributed by atoms with Gasteiger partial charge in [0.1, 0.15) is 5.58 Å². The van der Waals surface area contributed by atoms with Crippen molar-refractivity contribution in [2.45, 2.75) is 26.6 Å². The van der Waals surface area contributed by atoms with Crippen molar-refractivity contribution in [2.75, 3.05) is 6.61 Å². The van der Waals surface area contributed by atoms with Crippen molar-refractivity contribution in [2.24, 2.45) is 0 Å². The smallest absolute Gasteiger partial charge is 0.375 e. The van der Waals surface area contributed by atoms with Gasteiger partial charge in [0.2, 0.25) is 5.76 Å². The number of nitrogens with one attached hydrogen (secondary N) is 2. The van der Waals surface area contributed by atoms with E-state index in [4.69, 9.17) is 13.9 Å². The van der Waals surface area contributed by atoms with Crippen molar-refractivity contribution in [3.63, 3.8) is 0 Å². The summed E-state index contributed by atoms with van der Waals surface area (Å²) >= 11 is 0. The third-order valence-corrected chi connectivity index (χ3v) is 4.32. The first-order chi connectivity index (χ1) is 14.5. The summed E-state index contributed by atoms with van der Waals surface area (Å²) in [5, 5.41) is 0.741. The van der Waals surface area contributed by atoms with Crippen LogP contribution in [-0.2, 0) is 20.9 Å². The van der Waals surface area contributed by atoms with E-state index in [9.17, 15) is 14.4 Å². The Hall–Kier alpha value is -3.65. The molecule has 2 aromatic carbocycles. The molecule has 0 spiro atoms. The molecule has 0 radical (unpaired) electrons. The van der Waals surface area contributed by atoms with E-state index in [2.05, 4.69) is 10.9 Å². The lowest BCUT2D eigenvalue weighted by atomic mass is 10.1. The zero-order valence-corrected chi connectivity index (χ0v) is 16.6. The van der Waals surface area contributed by atoms with E-state index in [0.29, 0.717) is 23.3 Å². The molecule has 1 atom stereocenters. The van der Waals surface area contributed by atoms with Gasteiger partial charge in [-0.2, -0.15) is 0 Å². The van der Waals surface area contributed by atoms with Crippen molar-refractivity contribution in [3.05, 3.63) is 71.5 Å². The van der Waals surface area contributed by atoms with Crippen molar-refractivity contribution in [1.29, 1.82) is 0 Å². The summed E-state index contributed by atoms with van der Waals surface area (Å²) < 4.78 is 16.3. The number of hydrogen-bond acceptors (Lipinski definition) is 6. The Bertz CT molecular complexity index is 1040. The molecule has 8 nitrogen and oxygen atoms in total. The molecule has 0 aliphatic carbocycles. The minimum absolute atomic E-state index is 0.0161. The molecule has 1 heterocycles. The van der Waals surface area contributed by atoms with Gasteiger partial charge in [-0.3, -0.25) is 20.4 Å². The van der Waals surface area contributed by atoms with E-state index >= 15 is 0 Å². The molecule has 8 heteroatoms.